The van der Waals surface area contributed by atoms with Gasteiger partial charge in [-0.15, -0.1) is 0 Å². The van der Waals surface area contributed by atoms with Gasteiger partial charge in [0.05, 0.1) is 10.5 Å². The third-order valence-corrected chi connectivity index (χ3v) is 3.82. The lowest BCUT2D eigenvalue weighted by molar-refractivity contribution is 0.469. The lowest BCUT2D eigenvalue weighted by Crippen LogP contribution is -2.01. The van der Waals surface area contributed by atoms with Gasteiger partial charge in [-0.25, -0.2) is 0 Å². The minimum atomic E-state index is 0.126. The molecule has 4 heteroatoms. The van der Waals surface area contributed by atoms with Gasteiger partial charge in [-0.1, -0.05) is 29.8 Å². The van der Waals surface area contributed by atoms with Crippen LogP contribution in [0.15, 0.2) is 48.7 Å². The van der Waals surface area contributed by atoms with Gasteiger partial charge in [-0.3, -0.25) is 4.98 Å². The molecule has 0 saturated heterocycles. The maximum Gasteiger partial charge on any atom is 0.139 e. The van der Waals surface area contributed by atoms with Crippen LogP contribution in [0.2, 0.25) is 5.02 Å². The molecule has 0 aliphatic rings. The number of nitrogens with zero attached hydrogens (tertiary/aromatic N) is 1. The summed E-state index contributed by atoms with van der Waals surface area (Å²) in [4.78, 5) is 4.42. The van der Waals surface area contributed by atoms with E-state index >= 15 is 0 Å². The molecular weight excluding hydrogens is 284 g/mol. The first-order valence-electron chi connectivity index (χ1n) is 6.71. The highest BCUT2D eigenvalue weighted by molar-refractivity contribution is 6.32. The number of benzene rings is 2. The van der Waals surface area contributed by atoms with Crippen LogP contribution < -0.4 is 5.32 Å². The molecule has 0 radical (unpaired) electrons. The third-order valence-electron chi connectivity index (χ3n) is 3.51. The summed E-state index contributed by atoms with van der Waals surface area (Å²) in [5.41, 5.74) is 3.88. The summed E-state index contributed by atoms with van der Waals surface area (Å²) < 4.78 is 0. The number of hydrogen-bond donors (Lipinski definition) is 2. The molecule has 0 amide bonds. The van der Waals surface area contributed by atoms with Crippen LogP contribution in [0.5, 0.6) is 5.75 Å². The van der Waals surface area contributed by atoms with Gasteiger partial charge in [0.1, 0.15) is 5.75 Å². The van der Waals surface area contributed by atoms with Gasteiger partial charge >= 0.3 is 0 Å². The Morgan fingerprint density at radius 3 is 2.86 bits per heavy atom. The van der Waals surface area contributed by atoms with Crippen molar-refractivity contribution in [3.05, 3.63) is 64.8 Å². The SMILES string of the molecule is Cc1ccc(NCc2cccc(Cl)c2O)c2cccnc12. The summed E-state index contributed by atoms with van der Waals surface area (Å²) >= 11 is 5.92. The number of rotatable bonds is 3. The average molecular weight is 299 g/mol. The molecule has 0 unspecified atom stereocenters. The molecule has 0 fully saturated rings. The second kappa shape index (κ2) is 5.62. The number of fused-ring (bicyclic) bond motifs is 1. The van der Waals surface area contributed by atoms with E-state index in [2.05, 4.69) is 10.3 Å². The highest BCUT2D eigenvalue weighted by Gasteiger charge is 2.07. The van der Waals surface area contributed by atoms with E-state index in [4.69, 9.17) is 11.6 Å². The van der Waals surface area contributed by atoms with Crippen LogP contribution in [-0.2, 0) is 6.54 Å². The molecule has 0 atom stereocenters. The maximum absolute atomic E-state index is 9.95. The highest BCUT2D eigenvalue weighted by atomic mass is 35.5. The van der Waals surface area contributed by atoms with E-state index in [0.717, 1.165) is 27.7 Å². The second-order valence-electron chi connectivity index (χ2n) is 4.93. The second-order valence-corrected chi connectivity index (χ2v) is 5.34. The fourth-order valence-electron chi connectivity index (χ4n) is 2.36. The maximum atomic E-state index is 9.95. The van der Waals surface area contributed by atoms with E-state index in [1.807, 2.05) is 43.3 Å². The lowest BCUT2D eigenvalue weighted by Gasteiger charge is -2.12. The Hall–Kier alpha value is -2.26. The first-order chi connectivity index (χ1) is 10.2. The Morgan fingerprint density at radius 2 is 2.00 bits per heavy atom. The predicted octanol–water partition coefficient (Wildman–Crippen LogP) is 4.51. The predicted molar refractivity (Wildman–Crippen MR) is 86.9 cm³/mol. The van der Waals surface area contributed by atoms with Crippen molar-refractivity contribution in [1.29, 1.82) is 0 Å². The molecule has 21 heavy (non-hydrogen) atoms. The molecule has 0 bridgehead atoms. The average Bonchev–Trinajstić information content (AvgIpc) is 2.51. The molecule has 3 aromatic rings. The van der Waals surface area contributed by atoms with Crippen molar-refractivity contribution in [1.82, 2.24) is 4.98 Å². The van der Waals surface area contributed by atoms with Gasteiger partial charge in [0.25, 0.3) is 0 Å². The summed E-state index contributed by atoms with van der Waals surface area (Å²) in [7, 11) is 0. The first-order valence-corrected chi connectivity index (χ1v) is 7.09. The van der Waals surface area contributed by atoms with E-state index in [9.17, 15) is 5.11 Å². The minimum Gasteiger partial charge on any atom is -0.506 e. The zero-order chi connectivity index (χ0) is 14.8. The number of pyridine rings is 1. The van der Waals surface area contributed by atoms with Crippen molar-refractivity contribution < 1.29 is 5.11 Å². The van der Waals surface area contributed by atoms with Crippen LogP contribution in [0.4, 0.5) is 5.69 Å². The van der Waals surface area contributed by atoms with Crippen LogP contribution in [0, 0.1) is 6.92 Å². The standard InChI is InChI=1S/C17H15ClN2O/c1-11-7-8-15(13-5-3-9-19-16(11)13)20-10-12-4-2-6-14(18)17(12)21/h2-9,20-21H,10H2,1H3. The smallest absolute Gasteiger partial charge is 0.139 e. The van der Waals surface area contributed by atoms with Crippen LogP contribution >= 0.6 is 11.6 Å². The van der Waals surface area contributed by atoms with Gasteiger partial charge in [0, 0.05) is 29.4 Å². The van der Waals surface area contributed by atoms with E-state index in [-0.39, 0.29) is 5.75 Å². The van der Waals surface area contributed by atoms with Gasteiger partial charge in [-0.05, 0) is 36.8 Å². The quantitative estimate of drug-likeness (QED) is 0.747. The van der Waals surface area contributed by atoms with E-state index < -0.39 is 0 Å². The Labute approximate surface area is 128 Å². The van der Waals surface area contributed by atoms with Crippen LogP contribution in [0.25, 0.3) is 10.9 Å². The normalized spacial score (nSPS) is 10.8. The molecule has 0 saturated carbocycles. The lowest BCUT2D eigenvalue weighted by atomic mass is 10.1. The number of anilines is 1. The van der Waals surface area contributed by atoms with Gasteiger partial charge < -0.3 is 10.4 Å². The van der Waals surface area contributed by atoms with Crippen molar-refractivity contribution in [2.45, 2.75) is 13.5 Å². The van der Waals surface area contributed by atoms with Gasteiger partial charge in [0.2, 0.25) is 0 Å². The summed E-state index contributed by atoms with van der Waals surface area (Å²) in [5.74, 6) is 0.126. The first kappa shape index (κ1) is 13.7. The Kier molecular flexibility index (Phi) is 3.67. The number of nitrogens with one attached hydrogen (secondary N) is 1. The summed E-state index contributed by atoms with van der Waals surface area (Å²) in [6.07, 6.45) is 1.79. The number of phenolic OH excluding ortho intramolecular Hbond substituents is 1. The molecule has 0 spiro atoms. The monoisotopic (exact) mass is 298 g/mol. The molecule has 1 aromatic heterocycles. The summed E-state index contributed by atoms with van der Waals surface area (Å²) in [5, 5.41) is 14.7. The molecule has 2 N–H and O–H groups in total. The largest absolute Gasteiger partial charge is 0.506 e. The molecule has 3 rings (SSSR count). The number of aromatic nitrogens is 1. The van der Waals surface area contributed by atoms with E-state index in [1.54, 1.807) is 12.3 Å². The van der Waals surface area contributed by atoms with Crippen LogP contribution in [0.1, 0.15) is 11.1 Å². The zero-order valence-electron chi connectivity index (χ0n) is 11.6. The fraction of sp³-hybridized carbons (Fsp3) is 0.118. The fourth-order valence-corrected chi connectivity index (χ4v) is 2.56. The van der Waals surface area contributed by atoms with Crippen molar-refractivity contribution in [2.75, 3.05) is 5.32 Å². The van der Waals surface area contributed by atoms with Crippen molar-refractivity contribution in [2.24, 2.45) is 0 Å². The number of hydrogen-bond acceptors (Lipinski definition) is 3. The van der Waals surface area contributed by atoms with Crippen LogP contribution in [-0.4, -0.2) is 10.1 Å². The third kappa shape index (κ3) is 2.65. The minimum absolute atomic E-state index is 0.126. The van der Waals surface area contributed by atoms with Gasteiger partial charge in [0.15, 0.2) is 0 Å². The number of aromatic hydroxyl groups is 1. The number of aryl methyl sites for hydroxylation is 1. The van der Waals surface area contributed by atoms with E-state index in [1.165, 1.54) is 0 Å². The zero-order valence-corrected chi connectivity index (χ0v) is 12.4. The Balaban J connectivity index is 1.92. The van der Waals surface area contributed by atoms with Crippen molar-refractivity contribution in [3.63, 3.8) is 0 Å². The molecular formula is C17H15ClN2O. The molecule has 0 aliphatic heterocycles. The molecule has 106 valence electrons. The number of phenols is 1. The molecule has 1 heterocycles. The van der Waals surface area contributed by atoms with Gasteiger partial charge in [-0.2, -0.15) is 0 Å². The van der Waals surface area contributed by atoms with Crippen molar-refractivity contribution in [3.8, 4) is 5.75 Å². The van der Waals surface area contributed by atoms with E-state index in [0.29, 0.717) is 11.6 Å². The highest BCUT2D eigenvalue weighted by Crippen LogP contribution is 2.29. The molecule has 2 aromatic carbocycles. The number of halogens is 1. The molecule has 0 aliphatic carbocycles. The molecule has 3 nitrogen and oxygen atoms in total. The van der Waals surface area contributed by atoms with Crippen molar-refractivity contribution >= 4 is 28.2 Å². The summed E-state index contributed by atoms with van der Waals surface area (Å²) in [6, 6.07) is 13.4. The summed E-state index contributed by atoms with van der Waals surface area (Å²) in [6.45, 7) is 2.54. The number of para-hydroxylation sites is 1. The topological polar surface area (TPSA) is 45.1 Å². The Bertz CT molecular complexity index is 802. The Morgan fingerprint density at radius 1 is 1.14 bits per heavy atom. The van der Waals surface area contributed by atoms with Crippen LogP contribution in [0.3, 0.4) is 0 Å².